The highest BCUT2D eigenvalue weighted by molar-refractivity contribution is 7.92. The molecule has 0 bridgehead atoms. The summed E-state index contributed by atoms with van der Waals surface area (Å²) in [4.78, 5) is 29.3. The van der Waals surface area contributed by atoms with Gasteiger partial charge in [-0.2, -0.15) is 0 Å². The Morgan fingerprint density at radius 2 is 1.39 bits per heavy atom. The highest BCUT2D eigenvalue weighted by Gasteiger charge is 2.34. The van der Waals surface area contributed by atoms with Gasteiger partial charge in [0.05, 0.1) is 11.9 Å². The van der Waals surface area contributed by atoms with E-state index in [1.165, 1.54) is 17.0 Å². The van der Waals surface area contributed by atoms with E-state index in [4.69, 9.17) is 4.74 Å². The summed E-state index contributed by atoms with van der Waals surface area (Å²) >= 11 is 0. The third-order valence-corrected chi connectivity index (χ3v) is 8.26. The highest BCUT2D eigenvalue weighted by Crippen LogP contribution is 2.24. The number of anilines is 1. The number of amides is 2. The summed E-state index contributed by atoms with van der Waals surface area (Å²) < 4.78 is 47.9. The van der Waals surface area contributed by atoms with Crippen molar-refractivity contribution >= 4 is 27.5 Å². The third kappa shape index (κ3) is 9.90. The minimum atomic E-state index is -3.96. The lowest BCUT2D eigenvalue weighted by Gasteiger charge is -2.35. The average Bonchev–Trinajstić information content (AvgIpc) is 3.01. The summed E-state index contributed by atoms with van der Waals surface area (Å²) in [6, 6.07) is 30.1. The Hall–Kier alpha value is -4.70. The van der Waals surface area contributed by atoms with Gasteiger partial charge in [-0.05, 0) is 62.2 Å². The van der Waals surface area contributed by atoms with E-state index >= 15 is 0 Å². The second-order valence-corrected chi connectivity index (χ2v) is 14.0. The molecule has 0 saturated heterocycles. The molecule has 242 valence electrons. The zero-order valence-electron chi connectivity index (χ0n) is 26.5. The Morgan fingerprint density at radius 1 is 0.826 bits per heavy atom. The molecule has 4 aromatic carbocycles. The van der Waals surface area contributed by atoms with Crippen LogP contribution in [0.15, 0.2) is 109 Å². The van der Waals surface area contributed by atoms with Crippen LogP contribution in [-0.4, -0.2) is 49.5 Å². The lowest BCUT2D eigenvalue weighted by atomic mass is 10.0. The fourth-order valence-electron chi connectivity index (χ4n) is 4.88. The van der Waals surface area contributed by atoms with E-state index in [1.54, 1.807) is 36.4 Å². The maximum absolute atomic E-state index is 14.9. The number of halogens is 1. The van der Waals surface area contributed by atoms with E-state index in [-0.39, 0.29) is 24.2 Å². The number of rotatable bonds is 13. The van der Waals surface area contributed by atoms with E-state index in [1.807, 2.05) is 81.4 Å². The van der Waals surface area contributed by atoms with Crippen molar-refractivity contribution in [2.24, 2.45) is 0 Å². The number of ether oxygens (including phenoxy) is 1. The number of carbonyl (C=O) groups excluding carboxylic acids is 2. The van der Waals surface area contributed by atoms with Gasteiger partial charge in [0.15, 0.2) is 0 Å². The molecule has 0 aromatic heterocycles. The lowest BCUT2D eigenvalue weighted by molar-refractivity contribution is -0.140. The molecule has 1 N–H and O–H groups in total. The Balaban J connectivity index is 1.66. The molecule has 0 aliphatic heterocycles. The molecule has 0 radical (unpaired) electrons. The molecular formula is C36H40FN3O5S. The molecule has 1 atom stereocenters. The van der Waals surface area contributed by atoms with Gasteiger partial charge in [-0.1, -0.05) is 78.9 Å². The Bertz CT molecular complexity index is 1710. The monoisotopic (exact) mass is 645 g/mol. The van der Waals surface area contributed by atoms with Crippen LogP contribution in [-0.2, 0) is 39.2 Å². The molecule has 2 amide bonds. The topological polar surface area (TPSA) is 96.0 Å². The molecular weight excluding hydrogens is 605 g/mol. The quantitative estimate of drug-likeness (QED) is 0.201. The highest BCUT2D eigenvalue weighted by atomic mass is 32.2. The van der Waals surface area contributed by atoms with Crippen LogP contribution in [0.1, 0.15) is 37.5 Å². The molecule has 0 spiro atoms. The normalized spacial score (nSPS) is 12.2. The predicted octanol–water partition coefficient (Wildman–Crippen LogP) is 5.73. The standard InChI is InChI=1S/C36H40FN3O5S/c1-36(2,3)38-35(42)33(23-27-13-7-5-8-14-27)39(24-29-17-11-12-18-32(29)37)34(41)25-40(46(4,43)44)30-19-21-31(22-20-30)45-26-28-15-9-6-10-16-28/h5-22,33H,23-26H2,1-4H3,(H,38,42)/t33-/m0/s1. The van der Waals surface area contributed by atoms with Gasteiger partial charge in [-0.15, -0.1) is 0 Å². The largest absolute Gasteiger partial charge is 0.489 e. The number of carbonyl (C=O) groups is 2. The van der Waals surface area contributed by atoms with E-state index in [0.29, 0.717) is 12.4 Å². The molecule has 0 fully saturated rings. The summed E-state index contributed by atoms with van der Waals surface area (Å²) in [5.41, 5.74) is 1.58. The number of nitrogens with zero attached hydrogens (tertiary/aromatic N) is 2. The van der Waals surface area contributed by atoms with Crippen LogP contribution >= 0.6 is 0 Å². The second kappa shape index (κ2) is 15.1. The van der Waals surface area contributed by atoms with Gasteiger partial charge < -0.3 is 15.0 Å². The van der Waals surface area contributed by atoms with Crippen molar-refractivity contribution in [3.8, 4) is 5.75 Å². The van der Waals surface area contributed by atoms with Crippen LogP contribution in [0.3, 0.4) is 0 Å². The molecule has 8 nitrogen and oxygen atoms in total. The summed E-state index contributed by atoms with van der Waals surface area (Å²) in [5.74, 6) is -1.12. The van der Waals surface area contributed by atoms with Crippen LogP contribution in [0.25, 0.3) is 0 Å². The van der Waals surface area contributed by atoms with Crippen LogP contribution in [0.2, 0.25) is 0 Å². The first-order chi connectivity index (χ1) is 21.8. The Morgan fingerprint density at radius 3 is 1.96 bits per heavy atom. The molecule has 10 heteroatoms. The van der Waals surface area contributed by atoms with Crippen LogP contribution in [0, 0.1) is 5.82 Å². The fraction of sp³-hybridized carbons (Fsp3) is 0.278. The van der Waals surface area contributed by atoms with Gasteiger partial charge in [0.2, 0.25) is 21.8 Å². The maximum atomic E-state index is 14.9. The smallest absolute Gasteiger partial charge is 0.244 e. The van der Waals surface area contributed by atoms with Crippen molar-refractivity contribution in [1.82, 2.24) is 10.2 Å². The molecule has 46 heavy (non-hydrogen) atoms. The van der Waals surface area contributed by atoms with Crippen LogP contribution in [0.4, 0.5) is 10.1 Å². The maximum Gasteiger partial charge on any atom is 0.244 e. The SMILES string of the molecule is CC(C)(C)NC(=O)[C@H](Cc1ccccc1)N(Cc1ccccc1F)C(=O)CN(c1ccc(OCc2ccccc2)cc1)S(C)(=O)=O. The van der Waals surface area contributed by atoms with E-state index < -0.39 is 45.8 Å². The molecule has 0 aliphatic carbocycles. The third-order valence-electron chi connectivity index (χ3n) is 7.12. The van der Waals surface area contributed by atoms with Crippen molar-refractivity contribution < 1.29 is 27.1 Å². The van der Waals surface area contributed by atoms with Gasteiger partial charge in [0.25, 0.3) is 0 Å². The number of benzene rings is 4. The fourth-order valence-corrected chi connectivity index (χ4v) is 5.73. The summed E-state index contributed by atoms with van der Waals surface area (Å²) in [5, 5.41) is 2.95. The van der Waals surface area contributed by atoms with Gasteiger partial charge in [-0.25, -0.2) is 12.8 Å². The zero-order valence-corrected chi connectivity index (χ0v) is 27.3. The zero-order chi connectivity index (χ0) is 33.3. The van der Waals surface area contributed by atoms with Gasteiger partial charge in [0, 0.05) is 24.1 Å². The van der Waals surface area contributed by atoms with Crippen molar-refractivity contribution in [3.63, 3.8) is 0 Å². The minimum Gasteiger partial charge on any atom is -0.489 e. The van der Waals surface area contributed by atoms with E-state index in [2.05, 4.69) is 5.32 Å². The summed E-state index contributed by atoms with van der Waals surface area (Å²) in [6.45, 7) is 4.96. The van der Waals surface area contributed by atoms with Crippen molar-refractivity contribution in [2.45, 2.75) is 51.9 Å². The number of hydrogen-bond donors (Lipinski definition) is 1. The van der Waals surface area contributed by atoms with E-state index in [9.17, 15) is 22.4 Å². The summed E-state index contributed by atoms with van der Waals surface area (Å²) in [6.07, 6.45) is 1.14. The minimum absolute atomic E-state index is 0.134. The first kappa shape index (κ1) is 34.2. The van der Waals surface area contributed by atoms with E-state index in [0.717, 1.165) is 21.7 Å². The predicted molar refractivity (Wildman–Crippen MR) is 178 cm³/mol. The number of nitrogens with one attached hydrogen (secondary N) is 1. The molecule has 0 saturated carbocycles. The van der Waals surface area contributed by atoms with Gasteiger partial charge in [0.1, 0.15) is 30.8 Å². The molecule has 4 aromatic rings. The van der Waals surface area contributed by atoms with Crippen LogP contribution in [0.5, 0.6) is 5.75 Å². The van der Waals surface area contributed by atoms with Crippen molar-refractivity contribution in [3.05, 3.63) is 132 Å². The molecule has 0 heterocycles. The molecule has 4 rings (SSSR count). The van der Waals surface area contributed by atoms with Gasteiger partial charge >= 0.3 is 0 Å². The van der Waals surface area contributed by atoms with Gasteiger partial charge in [-0.3, -0.25) is 13.9 Å². The lowest BCUT2D eigenvalue weighted by Crippen LogP contribution is -2.56. The second-order valence-electron chi connectivity index (χ2n) is 12.1. The number of sulfonamides is 1. The molecule has 0 unspecified atom stereocenters. The average molecular weight is 646 g/mol. The first-order valence-electron chi connectivity index (χ1n) is 14.9. The molecule has 0 aliphatic rings. The number of hydrogen-bond acceptors (Lipinski definition) is 5. The summed E-state index contributed by atoms with van der Waals surface area (Å²) in [7, 11) is -3.96. The Kier molecular flexibility index (Phi) is 11.2. The van der Waals surface area contributed by atoms with Crippen LogP contribution < -0.4 is 14.4 Å². The first-order valence-corrected chi connectivity index (χ1v) is 16.8. The van der Waals surface area contributed by atoms with Crippen molar-refractivity contribution in [1.29, 1.82) is 0 Å². The Labute approximate surface area is 270 Å². The van der Waals surface area contributed by atoms with Crippen molar-refractivity contribution in [2.75, 3.05) is 17.1 Å².